The van der Waals surface area contributed by atoms with Crippen LogP contribution in [0.3, 0.4) is 0 Å². The highest BCUT2D eigenvalue weighted by atomic mass is 14.8. The van der Waals surface area contributed by atoms with Crippen LogP contribution in [-0.2, 0) is 21.7 Å². The summed E-state index contributed by atoms with van der Waals surface area (Å²) in [5.74, 6) is 3.02. The summed E-state index contributed by atoms with van der Waals surface area (Å²) in [4.78, 5) is 22.9. The van der Waals surface area contributed by atoms with Crippen LogP contribution in [0.4, 0.5) is 0 Å². The van der Waals surface area contributed by atoms with Crippen LogP contribution in [0.5, 0.6) is 0 Å². The van der Waals surface area contributed by atoms with E-state index < -0.39 is 0 Å². The van der Waals surface area contributed by atoms with Gasteiger partial charge in [0.05, 0.1) is 33.9 Å². The van der Waals surface area contributed by atoms with Gasteiger partial charge in [-0.2, -0.15) is 0 Å². The van der Waals surface area contributed by atoms with Gasteiger partial charge in [0.1, 0.15) is 0 Å². The number of aromatic nitrogens is 5. The van der Waals surface area contributed by atoms with E-state index in [1.54, 1.807) is 0 Å². The van der Waals surface area contributed by atoms with Crippen molar-refractivity contribution in [2.24, 2.45) is 0 Å². The maximum Gasteiger partial charge on any atom is 0.0815 e. The summed E-state index contributed by atoms with van der Waals surface area (Å²) in [6.45, 7) is 27.3. The molecule has 60 heavy (non-hydrogen) atoms. The average Bonchev–Trinajstić information content (AvgIpc) is 4.02. The molecule has 0 unspecified atom stereocenters. The second-order valence-corrected chi connectivity index (χ2v) is 20.5. The minimum atomic E-state index is -0.0716. The Bertz CT molecular complexity index is 2810. The van der Waals surface area contributed by atoms with E-state index in [4.69, 9.17) is 16.4 Å². The number of terminal acetylenes is 1. The van der Waals surface area contributed by atoms with Crippen LogP contribution >= 0.6 is 0 Å². The molecule has 0 fully saturated rings. The highest BCUT2D eigenvalue weighted by Crippen LogP contribution is 2.41. The van der Waals surface area contributed by atoms with Crippen molar-refractivity contribution in [3.63, 3.8) is 0 Å². The monoisotopic (exact) mass is 787 g/mol. The number of nitrogens with zero attached hydrogens (tertiary/aromatic N) is 3. The number of aromatic amines is 2. The van der Waals surface area contributed by atoms with Gasteiger partial charge in [-0.05, 0) is 121 Å². The van der Waals surface area contributed by atoms with Gasteiger partial charge >= 0.3 is 0 Å². The van der Waals surface area contributed by atoms with Gasteiger partial charge in [0.15, 0.2) is 0 Å². The van der Waals surface area contributed by atoms with Crippen LogP contribution in [0.15, 0.2) is 85.2 Å². The molecule has 0 radical (unpaired) electrons. The van der Waals surface area contributed by atoms with Crippen molar-refractivity contribution in [2.75, 3.05) is 0 Å². The molecule has 0 saturated heterocycles. The molecule has 0 amide bonds. The highest BCUT2D eigenvalue weighted by molar-refractivity contribution is 5.98. The number of hydrogen-bond acceptors (Lipinski definition) is 3. The molecule has 6 aromatic rings. The minimum Gasteiger partial charge on any atom is -0.354 e. The number of hydrogen-bond donors (Lipinski definition) is 2. The summed E-state index contributed by atoms with van der Waals surface area (Å²) < 4.78 is 0. The molecular formula is C55H57N5. The van der Waals surface area contributed by atoms with E-state index in [2.05, 4.69) is 201 Å². The Labute approximate surface area is 356 Å². The third-order valence-electron chi connectivity index (χ3n) is 11.8. The lowest BCUT2D eigenvalue weighted by atomic mass is 9.78. The Hall–Kier alpha value is -6.25. The summed E-state index contributed by atoms with van der Waals surface area (Å²) in [6.07, 6.45) is 18.5. The predicted octanol–water partition coefficient (Wildman–Crippen LogP) is 14.2. The Morgan fingerprint density at radius 2 is 0.750 bits per heavy atom. The summed E-state index contributed by atoms with van der Waals surface area (Å²) in [5, 5.41) is 0. The van der Waals surface area contributed by atoms with Gasteiger partial charge < -0.3 is 9.97 Å². The third kappa shape index (κ3) is 7.68. The lowest BCUT2D eigenvalue weighted by molar-refractivity contribution is 0.568. The first-order chi connectivity index (χ1) is 28.2. The molecule has 2 aromatic carbocycles. The molecule has 8 rings (SSSR count). The van der Waals surface area contributed by atoms with Crippen molar-refractivity contribution in [3.8, 4) is 45.7 Å². The molecule has 8 bridgehead atoms. The molecule has 0 atom stereocenters. The van der Waals surface area contributed by atoms with Crippen molar-refractivity contribution in [1.29, 1.82) is 0 Å². The Morgan fingerprint density at radius 1 is 0.417 bits per heavy atom. The van der Waals surface area contributed by atoms with Crippen LogP contribution in [0.1, 0.15) is 134 Å². The van der Waals surface area contributed by atoms with E-state index in [1.165, 1.54) is 22.3 Å². The van der Waals surface area contributed by atoms with Gasteiger partial charge in [-0.3, -0.25) is 4.98 Å². The molecule has 4 aromatic heterocycles. The van der Waals surface area contributed by atoms with Crippen molar-refractivity contribution in [3.05, 3.63) is 136 Å². The molecular weight excluding hydrogens is 731 g/mol. The number of fused-ring (bicyclic) bond motifs is 8. The van der Waals surface area contributed by atoms with E-state index in [-0.39, 0.29) is 21.7 Å². The van der Waals surface area contributed by atoms with Gasteiger partial charge in [0.25, 0.3) is 0 Å². The van der Waals surface area contributed by atoms with Crippen LogP contribution in [0.2, 0.25) is 0 Å². The van der Waals surface area contributed by atoms with Crippen LogP contribution in [0, 0.1) is 12.3 Å². The van der Waals surface area contributed by atoms with Crippen LogP contribution in [-0.4, -0.2) is 24.9 Å². The second kappa shape index (κ2) is 14.5. The summed E-state index contributed by atoms with van der Waals surface area (Å²) >= 11 is 0. The smallest absolute Gasteiger partial charge is 0.0815 e. The molecule has 302 valence electrons. The van der Waals surface area contributed by atoms with Gasteiger partial charge in [-0.1, -0.05) is 125 Å². The van der Waals surface area contributed by atoms with Crippen molar-refractivity contribution < 1.29 is 0 Å². The number of benzene rings is 2. The van der Waals surface area contributed by atoms with Crippen molar-refractivity contribution in [2.45, 2.75) is 105 Å². The third-order valence-corrected chi connectivity index (χ3v) is 11.8. The SMILES string of the molecule is C#Cc1c2nc(c(-c3cc(C(C)(C)C)cc(C(C)(C)C)c3)c3ccc([nH]3)c(-c3ccncc3)c3nc(c(-c4cc(C(C)(C)C)cc(C(C)(C)C)c4)c4ccc1[nH]4)C=C3)C=C2. The average molecular weight is 788 g/mol. The molecule has 0 saturated carbocycles. The Kier molecular flexibility index (Phi) is 9.78. The van der Waals surface area contributed by atoms with Gasteiger partial charge in [-0.25, -0.2) is 9.97 Å². The topological polar surface area (TPSA) is 70.2 Å². The van der Waals surface area contributed by atoms with Crippen LogP contribution in [0.25, 0.3) is 79.8 Å². The van der Waals surface area contributed by atoms with Gasteiger partial charge in [0.2, 0.25) is 0 Å². The molecule has 0 spiro atoms. The maximum absolute atomic E-state index is 6.40. The molecule has 2 aliphatic rings. The normalized spacial score (nSPS) is 13.2. The number of pyridine rings is 1. The fourth-order valence-corrected chi connectivity index (χ4v) is 8.06. The molecule has 2 N–H and O–H groups in total. The molecule has 0 aliphatic carbocycles. The zero-order chi connectivity index (χ0) is 42.9. The van der Waals surface area contributed by atoms with Crippen LogP contribution < -0.4 is 0 Å². The fourth-order valence-electron chi connectivity index (χ4n) is 8.06. The minimum absolute atomic E-state index is 0.0716. The lowest BCUT2D eigenvalue weighted by Gasteiger charge is -2.26. The van der Waals surface area contributed by atoms with Gasteiger partial charge in [0, 0.05) is 45.6 Å². The molecule has 5 heteroatoms. The number of nitrogens with one attached hydrogen (secondary N) is 2. The standard InChI is InChI=1S/C55H57N5/c1-14-40-41-15-17-45(57-41)50(34-27-36(52(2,3)4)31-37(28-34)53(5,6)7)47-21-19-43(59-47)49(33-23-25-56-26-24-33)44-20-22-48(60-44)51(46-18-16-42(40)58-46)35-29-38(54(8,9)10)32-39(30-35)55(11,12)13/h1,15-32,57,60H,2-13H3. The quantitative estimate of drug-likeness (QED) is 0.175. The first-order valence-corrected chi connectivity index (χ1v) is 21.1. The zero-order valence-electron chi connectivity index (χ0n) is 37.3. The van der Waals surface area contributed by atoms with Gasteiger partial charge in [-0.15, -0.1) is 6.42 Å². The first kappa shape index (κ1) is 40.5. The first-order valence-electron chi connectivity index (χ1n) is 21.1. The zero-order valence-corrected chi connectivity index (χ0v) is 37.3. The summed E-state index contributed by atoms with van der Waals surface area (Å²) in [5.41, 5.74) is 18.7. The largest absolute Gasteiger partial charge is 0.354 e. The Balaban J connectivity index is 1.56. The highest BCUT2D eigenvalue weighted by Gasteiger charge is 2.25. The summed E-state index contributed by atoms with van der Waals surface area (Å²) in [6, 6.07) is 26.7. The molecule has 5 nitrogen and oxygen atoms in total. The van der Waals surface area contributed by atoms with Crippen molar-refractivity contribution in [1.82, 2.24) is 24.9 Å². The number of rotatable bonds is 3. The van der Waals surface area contributed by atoms with Crippen molar-refractivity contribution >= 4 is 46.4 Å². The second-order valence-electron chi connectivity index (χ2n) is 20.5. The summed E-state index contributed by atoms with van der Waals surface area (Å²) in [7, 11) is 0. The molecule has 6 heterocycles. The maximum atomic E-state index is 6.40. The van der Waals surface area contributed by atoms with E-state index in [0.29, 0.717) is 5.56 Å². The van der Waals surface area contributed by atoms with E-state index in [1.807, 2.05) is 12.4 Å². The van der Waals surface area contributed by atoms with E-state index in [0.717, 1.165) is 78.2 Å². The lowest BCUT2D eigenvalue weighted by Crippen LogP contribution is -2.16. The fraction of sp³-hybridized carbons (Fsp3) is 0.291. The van der Waals surface area contributed by atoms with E-state index in [9.17, 15) is 0 Å². The Morgan fingerprint density at radius 3 is 1.13 bits per heavy atom. The molecule has 2 aliphatic heterocycles. The van der Waals surface area contributed by atoms with E-state index >= 15 is 0 Å². The predicted molar refractivity (Wildman–Crippen MR) is 256 cm³/mol. The number of H-pyrrole nitrogens is 2.